The highest BCUT2D eigenvalue weighted by Crippen LogP contribution is 2.33. The number of ether oxygens (including phenoxy) is 2. The molecular weight excluding hydrogens is 336 g/mol. The molecule has 0 aliphatic carbocycles. The summed E-state index contributed by atoms with van der Waals surface area (Å²) in [5.41, 5.74) is 3.88. The Labute approximate surface area is 150 Å². The van der Waals surface area contributed by atoms with Crippen LogP contribution in [0.5, 0.6) is 5.75 Å². The van der Waals surface area contributed by atoms with Crippen LogP contribution in [0.3, 0.4) is 0 Å². The summed E-state index contributed by atoms with van der Waals surface area (Å²) in [6.07, 6.45) is 2.83. The van der Waals surface area contributed by atoms with Crippen molar-refractivity contribution < 1.29 is 19.2 Å². The maximum atomic E-state index is 12.2. The summed E-state index contributed by atoms with van der Waals surface area (Å²) in [7, 11) is 0. The van der Waals surface area contributed by atoms with E-state index in [9.17, 15) is 14.9 Å². The van der Waals surface area contributed by atoms with E-state index in [0.29, 0.717) is 22.6 Å². The Balaban J connectivity index is 1.82. The predicted molar refractivity (Wildman–Crippen MR) is 97.0 cm³/mol. The molecule has 2 aromatic carbocycles. The number of non-ortho nitro benzene ring substituents is 1. The lowest BCUT2D eigenvalue weighted by Crippen LogP contribution is -2.13. The molecule has 1 amide bonds. The molecule has 0 atom stereocenters. The third-order valence-electron chi connectivity index (χ3n) is 4.12. The number of nitro groups is 1. The van der Waals surface area contributed by atoms with Gasteiger partial charge in [-0.1, -0.05) is 6.07 Å². The lowest BCUT2D eigenvalue weighted by Gasteiger charge is -2.19. The second-order valence-electron chi connectivity index (χ2n) is 6.01. The van der Waals surface area contributed by atoms with Crippen LogP contribution in [-0.4, -0.2) is 17.6 Å². The monoisotopic (exact) mass is 354 g/mol. The quantitative estimate of drug-likeness (QED) is 0.513. The minimum atomic E-state index is -0.485. The molecular formula is C19H18N2O5. The van der Waals surface area contributed by atoms with Crippen molar-refractivity contribution in [3.63, 3.8) is 0 Å². The van der Waals surface area contributed by atoms with Gasteiger partial charge in [0.25, 0.3) is 5.69 Å². The van der Waals surface area contributed by atoms with E-state index in [1.807, 2.05) is 32.0 Å². The van der Waals surface area contributed by atoms with Gasteiger partial charge in [0.15, 0.2) is 6.79 Å². The number of nitrogens with zero attached hydrogens (tertiary/aromatic N) is 1. The number of aryl methyl sites for hydroxylation is 2. The first-order valence-corrected chi connectivity index (χ1v) is 8.02. The molecule has 1 aliphatic rings. The van der Waals surface area contributed by atoms with Crippen molar-refractivity contribution >= 4 is 23.4 Å². The summed E-state index contributed by atoms with van der Waals surface area (Å²) < 4.78 is 10.6. The van der Waals surface area contributed by atoms with Crippen LogP contribution < -0.4 is 10.1 Å². The number of nitrogens with one attached hydrogen (secondary N) is 1. The zero-order valence-corrected chi connectivity index (χ0v) is 14.4. The normalized spacial score (nSPS) is 13.2. The first kappa shape index (κ1) is 17.6. The highest BCUT2D eigenvalue weighted by atomic mass is 16.7. The molecule has 7 heteroatoms. The van der Waals surface area contributed by atoms with Gasteiger partial charge in [0.1, 0.15) is 5.75 Å². The maximum absolute atomic E-state index is 12.2. The lowest BCUT2D eigenvalue weighted by molar-refractivity contribution is -0.385. The van der Waals surface area contributed by atoms with Gasteiger partial charge in [-0.3, -0.25) is 14.9 Å². The van der Waals surface area contributed by atoms with Gasteiger partial charge in [-0.2, -0.15) is 0 Å². The fourth-order valence-electron chi connectivity index (χ4n) is 2.63. The fraction of sp³-hybridized carbons (Fsp3) is 0.211. The summed E-state index contributed by atoms with van der Waals surface area (Å²) in [6, 6.07) is 8.44. The number of amides is 1. The molecule has 0 radical (unpaired) electrons. The molecule has 2 aromatic rings. The van der Waals surface area contributed by atoms with Crippen LogP contribution in [0, 0.1) is 24.0 Å². The standard InChI is InChI=1S/C19H18N2O5/c1-12-3-5-16(7-13(12)2)20-18(22)6-4-14-8-17(21(23)24)9-15-10-25-11-26-19(14)15/h3-9H,10-11H2,1-2H3,(H,20,22)/b6-4+. The van der Waals surface area contributed by atoms with Crippen molar-refractivity contribution in [3.8, 4) is 5.75 Å². The van der Waals surface area contributed by atoms with E-state index < -0.39 is 4.92 Å². The Morgan fingerprint density at radius 2 is 2.04 bits per heavy atom. The van der Waals surface area contributed by atoms with Gasteiger partial charge >= 0.3 is 0 Å². The van der Waals surface area contributed by atoms with Gasteiger partial charge < -0.3 is 14.8 Å². The summed E-state index contributed by atoms with van der Waals surface area (Å²) in [6.45, 7) is 4.26. The minimum absolute atomic E-state index is 0.0699. The summed E-state index contributed by atoms with van der Waals surface area (Å²) >= 11 is 0. The second-order valence-corrected chi connectivity index (χ2v) is 6.01. The third-order valence-corrected chi connectivity index (χ3v) is 4.12. The van der Waals surface area contributed by atoms with E-state index in [2.05, 4.69) is 5.32 Å². The third kappa shape index (κ3) is 3.89. The SMILES string of the molecule is Cc1ccc(NC(=O)/C=C/c2cc([N+](=O)[O-])cc3c2OCOC3)cc1C. The summed E-state index contributed by atoms with van der Waals surface area (Å²) in [4.78, 5) is 22.8. The lowest BCUT2D eigenvalue weighted by atomic mass is 10.1. The van der Waals surface area contributed by atoms with E-state index >= 15 is 0 Å². The minimum Gasteiger partial charge on any atom is -0.467 e. The zero-order chi connectivity index (χ0) is 18.7. The molecule has 26 heavy (non-hydrogen) atoms. The van der Waals surface area contributed by atoms with E-state index in [-0.39, 0.29) is 25.0 Å². The van der Waals surface area contributed by atoms with E-state index in [0.717, 1.165) is 11.1 Å². The van der Waals surface area contributed by atoms with E-state index in [1.165, 1.54) is 24.3 Å². The van der Waals surface area contributed by atoms with Crippen molar-refractivity contribution in [2.45, 2.75) is 20.5 Å². The largest absolute Gasteiger partial charge is 0.467 e. The number of hydrogen-bond donors (Lipinski definition) is 1. The highest BCUT2D eigenvalue weighted by molar-refractivity contribution is 6.02. The van der Waals surface area contributed by atoms with Crippen LogP contribution in [0.4, 0.5) is 11.4 Å². The Morgan fingerprint density at radius 1 is 1.23 bits per heavy atom. The molecule has 1 N–H and O–H groups in total. The zero-order valence-electron chi connectivity index (χ0n) is 14.4. The van der Waals surface area contributed by atoms with Crippen LogP contribution in [0.1, 0.15) is 22.3 Å². The van der Waals surface area contributed by atoms with Crippen molar-refractivity contribution in [1.29, 1.82) is 0 Å². The molecule has 3 rings (SSSR count). The van der Waals surface area contributed by atoms with Gasteiger partial charge in [-0.25, -0.2) is 0 Å². The number of anilines is 1. The number of nitro benzene ring substituents is 1. The predicted octanol–water partition coefficient (Wildman–Crippen LogP) is 3.73. The Kier molecular flexibility index (Phi) is 4.99. The van der Waals surface area contributed by atoms with Gasteiger partial charge in [-0.05, 0) is 43.2 Å². The Morgan fingerprint density at radius 3 is 2.77 bits per heavy atom. The van der Waals surface area contributed by atoms with Gasteiger partial charge in [0, 0.05) is 35.0 Å². The van der Waals surface area contributed by atoms with E-state index in [1.54, 1.807) is 0 Å². The van der Waals surface area contributed by atoms with Gasteiger partial charge in [0.05, 0.1) is 11.5 Å². The van der Waals surface area contributed by atoms with Crippen molar-refractivity contribution in [2.75, 3.05) is 12.1 Å². The average molecular weight is 354 g/mol. The Bertz CT molecular complexity index is 905. The highest BCUT2D eigenvalue weighted by Gasteiger charge is 2.19. The number of fused-ring (bicyclic) bond motifs is 1. The van der Waals surface area contributed by atoms with Crippen molar-refractivity contribution in [2.24, 2.45) is 0 Å². The van der Waals surface area contributed by atoms with E-state index in [4.69, 9.17) is 9.47 Å². The molecule has 134 valence electrons. The number of carbonyl (C=O) groups is 1. The molecule has 7 nitrogen and oxygen atoms in total. The molecule has 0 aromatic heterocycles. The first-order valence-electron chi connectivity index (χ1n) is 8.02. The summed E-state index contributed by atoms with van der Waals surface area (Å²) in [5.74, 6) is 0.164. The molecule has 0 saturated carbocycles. The van der Waals surface area contributed by atoms with Crippen LogP contribution >= 0.6 is 0 Å². The molecule has 0 bridgehead atoms. The maximum Gasteiger partial charge on any atom is 0.270 e. The van der Waals surface area contributed by atoms with Crippen LogP contribution in [0.2, 0.25) is 0 Å². The molecule has 0 saturated heterocycles. The molecule has 0 spiro atoms. The van der Waals surface area contributed by atoms with Crippen LogP contribution in [0.25, 0.3) is 6.08 Å². The number of carbonyl (C=O) groups excluding carboxylic acids is 1. The van der Waals surface area contributed by atoms with Crippen LogP contribution in [0.15, 0.2) is 36.4 Å². The first-order chi connectivity index (χ1) is 12.4. The number of rotatable bonds is 4. The van der Waals surface area contributed by atoms with Crippen molar-refractivity contribution in [3.05, 3.63) is 68.8 Å². The molecule has 0 fully saturated rings. The van der Waals surface area contributed by atoms with Gasteiger partial charge in [-0.15, -0.1) is 0 Å². The molecule has 1 heterocycles. The Hall–Kier alpha value is -3.19. The van der Waals surface area contributed by atoms with Crippen molar-refractivity contribution in [1.82, 2.24) is 0 Å². The smallest absolute Gasteiger partial charge is 0.270 e. The number of benzene rings is 2. The topological polar surface area (TPSA) is 90.7 Å². The molecule has 1 aliphatic heterocycles. The van der Waals surface area contributed by atoms with Gasteiger partial charge in [0.2, 0.25) is 5.91 Å². The molecule has 0 unspecified atom stereocenters. The fourth-order valence-corrected chi connectivity index (χ4v) is 2.63. The second kappa shape index (κ2) is 7.37. The van der Waals surface area contributed by atoms with Crippen LogP contribution in [-0.2, 0) is 16.1 Å². The number of hydrogen-bond acceptors (Lipinski definition) is 5. The summed E-state index contributed by atoms with van der Waals surface area (Å²) in [5, 5.41) is 13.9. The average Bonchev–Trinajstić information content (AvgIpc) is 2.62.